The predicted molar refractivity (Wildman–Crippen MR) is 161 cm³/mol. The second-order valence-electron chi connectivity index (χ2n) is 10.9. The lowest BCUT2D eigenvalue weighted by molar-refractivity contribution is 0.655. The molecule has 190 valence electrons. The molecule has 3 aromatic heterocycles. The lowest BCUT2D eigenvalue weighted by Gasteiger charge is -2.23. The van der Waals surface area contributed by atoms with Gasteiger partial charge in [0.1, 0.15) is 11.2 Å². The van der Waals surface area contributed by atoms with Crippen molar-refractivity contribution in [3.63, 3.8) is 0 Å². The second-order valence-corrected chi connectivity index (χ2v) is 10.9. The van der Waals surface area contributed by atoms with Crippen molar-refractivity contribution in [3.8, 4) is 45.2 Å². The monoisotopic (exact) mass is 515 g/mol. The van der Waals surface area contributed by atoms with Crippen molar-refractivity contribution in [3.05, 3.63) is 127 Å². The molecule has 7 aromatic rings. The molecule has 0 amide bonds. The van der Waals surface area contributed by atoms with E-state index in [1.165, 1.54) is 5.56 Å². The van der Waals surface area contributed by atoms with Crippen molar-refractivity contribution in [2.24, 2.45) is 0 Å². The van der Waals surface area contributed by atoms with Crippen LogP contribution in [-0.4, -0.2) is 15.0 Å². The fourth-order valence-electron chi connectivity index (χ4n) is 6.23. The number of pyridine rings is 1. The Kier molecular flexibility index (Phi) is 4.83. The molecule has 0 N–H and O–H groups in total. The Morgan fingerprint density at radius 1 is 0.625 bits per heavy atom. The molecule has 4 aromatic carbocycles. The van der Waals surface area contributed by atoms with E-state index in [-0.39, 0.29) is 5.41 Å². The van der Waals surface area contributed by atoms with E-state index in [0.717, 1.165) is 66.8 Å². The Balaban J connectivity index is 1.44. The van der Waals surface area contributed by atoms with E-state index in [9.17, 15) is 0 Å². The van der Waals surface area contributed by atoms with E-state index in [1.54, 1.807) is 0 Å². The fraction of sp³-hybridized carbons (Fsp3) is 0.0833. The van der Waals surface area contributed by atoms with Crippen LogP contribution in [0.3, 0.4) is 0 Å². The van der Waals surface area contributed by atoms with E-state index in [1.807, 2.05) is 42.6 Å². The summed E-state index contributed by atoms with van der Waals surface area (Å²) in [6.45, 7) is 4.54. The van der Waals surface area contributed by atoms with Gasteiger partial charge in [-0.25, -0.2) is 9.97 Å². The number of nitrogens with zero attached hydrogens (tertiary/aromatic N) is 3. The number of furan rings is 1. The molecular weight excluding hydrogens is 490 g/mol. The van der Waals surface area contributed by atoms with Gasteiger partial charge in [-0.05, 0) is 35.9 Å². The van der Waals surface area contributed by atoms with Crippen molar-refractivity contribution >= 4 is 21.9 Å². The number of aromatic nitrogens is 3. The van der Waals surface area contributed by atoms with Gasteiger partial charge in [0, 0.05) is 50.2 Å². The summed E-state index contributed by atoms with van der Waals surface area (Å²) in [5.41, 5.74) is 10.8. The average molecular weight is 516 g/mol. The summed E-state index contributed by atoms with van der Waals surface area (Å²) in [4.78, 5) is 15.1. The summed E-state index contributed by atoms with van der Waals surface area (Å²) < 4.78 is 6.50. The Morgan fingerprint density at radius 3 is 2.20 bits per heavy atom. The average Bonchev–Trinajstić information content (AvgIpc) is 3.50. The Hall–Kier alpha value is -5.09. The topological polar surface area (TPSA) is 51.8 Å². The minimum atomic E-state index is -0.274. The van der Waals surface area contributed by atoms with Gasteiger partial charge in [-0.2, -0.15) is 0 Å². The normalized spacial score (nSPS) is 13.4. The SMILES string of the molecule is CC1(C)c2ccccc2-c2nc(-c3cccc(-c4ccccn4)c3)nc(-c3cccc4c3oc3ccccc34)c21. The quantitative estimate of drug-likeness (QED) is 0.235. The third kappa shape index (κ3) is 3.29. The molecule has 0 unspecified atom stereocenters. The van der Waals surface area contributed by atoms with Gasteiger partial charge < -0.3 is 4.42 Å². The fourth-order valence-corrected chi connectivity index (χ4v) is 6.23. The molecule has 4 nitrogen and oxygen atoms in total. The van der Waals surface area contributed by atoms with Crippen LogP contribution in [0.15, 0.2) is 120 Å². The molecule has 0 saturated heterocycles. The van der Waals surface area contributed by atoms with Gasteiger partial charge in [-0.1, -0.05) is 92.7 Å². The summed E-state index contributed by atoms with van der Waals surface area (Å²) >= 11 is 0. The molecule has 40 heavy (non-hydrogen) atoms. The molecule has 0 aliphatic heterocycles. The molecule has 0 saturated carbocycles. The predicted octanol–water partition coefficient (Wildman–Crippen LogP) is 9.08. The van der Waals surface area contributed by atoms with Crippen LogP contribution in [0, 0.1) is 0 Å². The van der Waals surface area contributed by atoms with E-state index in [2.05, 4.69) is 91.6 Å². The highest BCUT2D eigenvalue weighted by Gasteiger charge is 2.40. The van der Waals surface area contributed by atoms with Crippen molar-refractivity contribution in [1.82, 2.24) is 15.0 Å². The first-order chi connectivity index (χ1) is 19.6. The second kappa shape index (κ2) is 8.45. The highest BCUT2D eigenvalue weighted by molar-refractivity contribution is 6.10. The van der Waals surface area contributed by atoms with E-state index in [0.29, 0.717) is 5.82 Å². The van der Waals surface area contributed by atoms with Crippen LogP contribution in [0.1, 0.15) is 25.0 Å². The van der Waals surface area contributed by atoms with Crippen LogP contribution in [-0.2, 0) is 5.41 Å². The smallest absolute Gasteiger partial charge is 0.160 e. The van der Waals surface area contributed by atoms with Crippen molar-refractivity contribution in [2.45, 2.75) is 19.3 Å². The molecule has 1 aliphatic carbocycles. The van der Waals surface area contributed by atoms with Crippen LogP contribution >= 0.6 is 0 Å². The van der Waals surface area contributed by atoms with Gasteiger partial charge in [0.2, 0.25) is 0 Å². The zero-order chi connectivity index (χ0) is 26.8. The van der Waals surface area contributed by atoms with Crippen LogP contribution < -0.4 is 0 Å². The number of para-hydroxylation sites is 2. The third-order valence-electron chi connectivity index (χ3n) is 8.13. The minimum absolute atomic E-state index is 0.274. The van der Waals surface area contributed by atoms with Crippen molar-refractivity contribution < 1.29 is 4.42 Å². The maximum Gasteiger partial charge on any atom is 0.160 e. The number of hydrogen-bond donors (Lipinski definition) is 0. The molecule has 4 heteroatoms. The molecule has 0 bridgehead atoms. The first-order valence-corrected chi connectivity index (χ1v) is 13.5. The maximum atomic E-state index is 6.50. The summed E-state index contributed by atoms with van der Waals surface area (Å²) in [6.07, 6.45) is 1.82. The number of fused-ring (bicyclic) bond motifs is 6. The van der Waals surface area contributed by atoms with E-state index >= 15 is 0 Å². The first kappa shape index (κ1) is 22.9. The summed E-state index contributed by atoms with van der Waals surface area (Å²) in [6, 6.07) is 37.4. The summed E-state index contributed by atoms with van der Waals surface area (Å²) in [5.74, 6) is 0.687. The molecule has 0 fully saturated rings. The zero-order valence-corrected chi connectivity index (χ0v) is 22.2. The summed E-state index contributed by atoms with van der Waals surface area (Å²) in [5, 5.41) is 2.20. The van der Waals surface area contributed by atoms with E-state index < -0.39 is 0 Å². The van der Waals surface area contributed by atoms with Crippen molar-refractivity contribution in [1.29, 1.82) is 0 Å². The standard InChI is InChI=1S/C36H25N3O/c1-36(2)28-17-5-3-14-26(28)32-31(36)33(27-16-10-15-25-24-13-4-6-19-30(24)40-34(25)27)39-35(38-32)23-12-9-11-22(21-23)29-18-7-8-20-37-29/h3-21H,1-2H3. The molecule has 8 rings (SSSR count). The summed E-state index contributed by atoms with van der Waals surface area (Å²) in [7, 11) is 0. The lowest BCUT2D eigenvalue weighted by Crippen LogP contribution is -2.17. The van der Waals surface area contributed by atoms with Gasteiger partial charge >= 0.3 is 0 Å². The molecule has 0 radical (unpaired) electrons. The van der Waals surface area contributed by atoms with Gasteiger partial charge in [0.25, 0.3) is 0 Å². The number of benzene rings is 4. The van der Waals surface area contributed by atoms with Gasteiger partial charge in [0.15, 0.2) is 5.82 Å². The Bertz CT molecular complexity index is 2090. The molecule has 1 aliphatic rings. The third-order valence-corrected chi connectivity index (χ3v) is 8.13. The van der Waals surface area contributed by atoms with Crippen LogP contribution in [0.5, 0.6) is 0 Å². The maximum absolute atomic E-state index is 6.50. The van der Waals surface area contributed by atoms with Gasteiger partial charge in [-0.15, -0.1) is 0 Å². The Labute approximate surface area is 232 Å². The lowest BCUT2D eigenvalue weighted by atomic mass is 9.80. The molecule has 0 spiro atoms. The number of hydrogen-bond acceptors (Lipinski definition) is 4. The first-order valence-electron chi connectivity index (χ1n) is 13.5. The molecule has 0 atom stereocenters. The minimum Gasteiger partial charge on any atom is -0.455 e. The number of rotatable bonds is 3. The van der Waals surface area contributed by atoms with Gasteiger partial charge in [-0.3, -0.25) is 4.98 Å². The largest absolute Gasteiger partial charge is 0.455 e. The van der Waals surface area contributed by atoms with Crippen LogP contribution in [0.25, 0.3) is 67.1 Å². The van der Waals surface area contributed by atoms with Crippen LogP contribution in [0.4, 0.5) is 0 Å². The molecule has 3 heterocycles. The highest BCUT2D eigenvalue weighted by atomic mass is 16.3. The Morgan fingerprint density at radius 2 is 1.32 bits per heavy atom. The van der Waals surface area contributed by atoms with E-state index in [4.69, 9.17) is 14.4 Å². The van der Waals surface area contributed by atoms with Crippen molar-refractivity contribution in [2.75, 3.05) is 0 Å². The van der Waals surface area contributed by atoms with Crippen LogP contribution in [0.2, 0.25) is 0 Å². The van der Waals surface area contributed by atoms with Gasteiger partial charge in [0.05, 0.1) is 17.1 Å². The zero-order valence-electron chi connectivity index (χ0n) is 22.2. The molecular formula is C36H25N3O. The highest BCUT2D eigenvalue weighted by Crippen LogP contribution is 2.52.